The number of hydrogen-bond acceptors (Lipinski definition) is 4. The molecule has 0 unspecified atom stereocenters. The Bertz CT molecular complexity index is 581. The Hall–Kier alpha value is -2.72. The Labute approximate surface area is 130 Å². The van der Waals surface area contributed by atoms with Gasteiger partial charge in [0.1, 0.15) is 13.2 Å². The van der Waals surface area contributed by atoms with Crippen LogP contribution in [0.3, 0.4) is 0 Å². The van der Waals surface area contributed by atoms with E-state index in [4.69, 9.17) is 9.47 Å². The third-order valence-corrected chi connectivity index (χ3v) is 2.44. The molecule has 0 atom stereocenters. The van der Waals surface area contributed by atoms with E-state index in [0.29, 0.717) is 26.1 Å². The fourth-order valence-electron chi connectivity index (χ4n) is 1.51. The first kappa shape index (κ1) is 17.3. The lowest BCUT2D eigenvalue weighted by Gasteiger charge is -1.97. The molecule has 0 aliphatic heterocycles. The van der Waals surface area contributed by atoms with Gasteiger partial charge < -0.3 is 9.47 Å². The molecule has 4 heteroatoms. The standard InChI is InChI=1S/C18H18O4/c1-15(19)21-13-7-5-11-17-9-3-4-10-18(17)12-6-8-14-22-16(2)20/h3-4,9-10H,7-8,13-14H2,1-2H3. The Balaban J connectivity index is 2.58. The van der Waals surface area contributed by atoms with Gasteiger partial charge in [-0.05, 0) is 12.1 Å². The van der Waals surface area contributed by atoms with Gasteiger partial charge >= 0.3 is 11.9 Å². The summed E-state index contributed by atoms with van der Waals surface area (Å²) in [6.07, 6.45) is 0.960. The first-order chi connectivity index (χ1) is 10.6. The summed E-state index contributed by atoms with van der Waals surface area (Å²) in [5.41, 5.74) is 1.65. The van der Waals surface area contributed by atoms with Crippen molar-refractivity contribution < 1.29 is 19.1 Å². The first-order valence-corrected chi connectivity index (χ1v) is 6.93. The summed E-state index contributed by atoms with van der Waals surface area (Å²) in [5.74, 6) is 11.3. The van der Waals surface area contributed by atoms with Gasteiger partial charge in [0.15, 0.2) is 0 Å². The molecule has 0 amide bonds. The Morgan fingerprint density at radius 1 is 0.864 bits per heavy atom. The summed E-state index contributed by atoms with van der Waals surface area (Å²) in [4.78, 5) is 21.2. The highest BCUT2D eigenvalue weighted by Gasteiger charge is 1.95. The van der Waals surface area contributed by atoms with Crippen LogP contribution in [-0.2, 0) is 19.1 Å². The molecule has 0 saturated carbocycles. The highest BCUT2D eigenvalue weighted by molar-refractivity contribution is 5.66. The van der Waals surface area contributed by atoms with Crippen molar-refractivity contribution in [3.63, 3.8) is 0 Å². The van der Waals surface area contributed by atoms with Crippen molar-refractivity contribution in [1.29, 1.82) is 0 Å². The van der Waals surface area contributed by atoms with E-state index in [1.807, 2.05) is 24.3 Å². The quantitative estimate of drug-likeness (QED) is 0.486. The van der Waals surface area contributed by atoms with Crippen molar-refractivity contribution in [3.05, 3.63) is 35.4 Å². The van der Waals surface area contributed by atoms with E-state index >= 15 is 0 Å². The molecule has 0 bridgehead atoms. The van der Waals surface area contributed by atoms with Crippen molar-refractivity contribution in [2.24, 2.45) is 0 Å². The maximum Gasteiger partial charge on any atom is 0.302 e. The molecule has 114 valence electrons. The van der Waals surface area contributed by atoms with Crippen molar-refractivity contribution in [3.8, 4) is 23.7 Å². The number of hydrogen-bond donors (Lipinski definition) is 0. The van der Waals surface area contributed by atoms with Gasteiger partial charge in [-0.15, -0.1) is 0 Å². The third kappa shape index (κ3) is 7.77. The maximum absolute atomic E-state index is 10.6. The second-order valence-electron chi connectivity index (χ2n) is 4.33. The molecule has 0 aromatic heterocycles. The van der Waals surface area contributed by atoms with Crippen LogP contribution >= 0.6 is 0 Å². The van der Waals surface area contributed by atoms with Crippen LogP contribution in [0.2, 0.25) is 0 Å². The molecule has 22 heavy (non-hydrogen) atoms. The average Bonchev–Trinajstić information content (AvgIpc) is 2.47. The van der Waals surface area contributed by atoms with E-state index in [2.05, 4.69) is 23.7 Å². The zero-order valence-electron chi connectivity index (χ0n) is 12.8. The topological polar surface area (TPSA) is 52.6 Å². The van der Waals surface area contributed by atoms with Gasteiger partial charge in [-0.1, -0.05) is 35.8 Å². The molecule has 1 aromatic rings. The Morgan fingerprint density at radius 2 is 1.27 bits per heavy atom. The van der Waals surface area contributed by atoms with Gasteiger partial charge in [0.2, 0.25) is 0 Å². The summed E-state index contributed by atoms with van der Waals surface area (Å²) in [7, 11) is 0. The molecular formula is C18H18O4. The monoisotopic (exact) mass is 298 g/mol. The minimum absolute atomic E-state index is 0.290. The smallest absolute Gasteiger partial charge is 0.302 e. The fraction of sp³-hybridized carbons (Fsp3) is 0.333. The summed E-state index contributed by atoms with van der Waals surface area (Å²) in [6, 6.07) is 7.55. The van der Waals surface area contributed by atoms with Crippen LogP contribution in [-0.4, -0.2) is 25.2 Å². The van der Waals surface area contributed by atoms with Crippen molar-refractivity contribution in [2.75, 3.05) is 13.2 Å². The Morgan fingerprint density at radius 3 is 1.64 bits per heavy atom. The molecule has 1 rings (SSSR count). The molecule has 0 heterocycles. The van der Waals surface area contributed by atoms with Crippen molar-refractivity contribution in [1.82, 2.24) is 0 Å². The summed E-state index contributed by atoms with van der Waals surface area (Å²) >= 11 is 0. The molecule has 0 N–H and O–H groups in total. The molecule has 4 nitrogen and oxygen atoms in total. The normalized spacial score (nSPS) is 8.82. The lowest BCUT2D eigenvalue weighted by atomic mass is 10.1. The van der Waals surface area contributed by atoms with Gasteiger partial charge in [-0.25, -0.2) is 0 Å². The number of benzene rings is 1. The van der Waals surface area contributed by atoms with Crippen LogP contribution < -0.4 is 0 Å². The van der Waals surface area contributed by atoms with E-state index in [9.17, 15) is 9.59 Å². The molecule has 0 aliphatic rings. The highest BCUT2D eigenvalue weighted by Crippen LogP contribution is 2.05. The van der Waals surface area contributed by atoms with Crippen LogP contribution in [0.4, 0.5) is 0 Å². The second-order valence-corrected chi connectivity index (χ2v) is 4.33. The zero-order valence-corrected chi connectivity index (χ0v) is 12.8. The van der Waals surface area contributed by atoms with E-state index in [0.717, 1.165) is 11.1 Å². The lowest BCUT2D eigenvalue weighted by molar-refractivity contribution is -0.141. The number of carbonyl (C=O) groups excluding carboxylic acids is 2. The van der Waals surface area contributed by atoms with Gasteiger partial charge in [0.25, 0.3) is 0 Å². The molecular weight excluding hydrogens is 280 g/mol. The molecule has 0 spiro atoms. The third-order valence-electron chi connectivity index (χ3n) is 2.44. The van der Waals surface area contributed by atoms with Crippen LogP contribution in [0, 0.1) is 23.7 Å². The largest absolute Gasteiger partial charge is 0.465 e. The molecule has 0 saturated heterocycles. The number of ether oxygens (including phenoxy) is 2. The number of esters is 2. The van der Waals surface area contributed by atoms with E-state index in [-0.39, 0.29) is 11.9 Å². The average molecular weight is 298 g/mol. The van der Waals surface area contributed by atoms with Crippen LogP contribution in [0.25, 0.3) is 0 Å². The van der Waals surface area contributed by atoms with Crippen molar-refractivity contribution in [2.45, 2.75) is 26.7 Å². The predicted octanol–water partition coefficient (Wildman–Crippen LogP) is 2.30. The van der Waals surface area contributed by atoms with Crippen LogP contribution in [0.5, 0.6) is 0 Å². The lowest BCUT2D eigenvalue weighted by Crippen LogP contribution is -1.99. The molecule has 1 aromatic carbocycles. The predicted molar refractivity (Wildman–Crippen MR) is 82.7 cm³/mol. The van der Waals surface area contributed by atoms with Crippen molar-refractivity contribution >= 4 is 11.9 Å². The first-order valence-electron chi connectivity index (χ1n) is 6.93. The van der Waals surface area contributed by atoms with Crippen LogP contribution in [0.15, 0.2) is 24.3 Å². The SMILES string of the molecule is CC(=O)OCCC#Cc1ccccc1C#CCCOC(C)=O. The summed E-state index contributed by atoms with van der Waals surface area (Å²) in [5, 5.41) is 0. The molecule has 0 aliphatic carbocycles. The van der Waals surface area contributed by atoms with E-state index < -0.39 is 0 Å². The maximum atomic E-state index is 10.6. The van der Waals surface area contributed by atoms with Crippen LogP contribution in [0.1, 0.15) is 37.8 Å². The molecule has 0 radical (unpaired) electrons. The van der Waals surface area contributed by atoms with Gasteiger partial charge in [-0.3, -0.25) is 9.59 Å². The number of carbonyl (C=O) groups is 2. The summed E-state index contributed by atoms with van der Waals surface area (Å²) < 4.78 is 9.62. The van der Waals surface area contributed by atoms with Gasteiger partial charge in [0.05, 0.1) is 0 Å². The minimum atomic E-state index is -0.305. The minimum Gasteiger partial charge on any atom is -0.465 e. The zero-order chi connectivity index (χ0) is 16.2. The number of rotatable bonds is 4. The Kier molecular flexibility index (Phi) is 7.93. The fourth-order valence-corrected chi connectivity index (χ4v) is 1.51. The van der Waals surface area contributed by atoms with Gasteiger partial charge in [-0.2, -0.15) is 0 Å². The molecule has 0 fully saturated rings. The van der Waals surface area contributed by atoms with E-state index in [1.54, 1.807) is 0 Å². The second kappa shape index (κ2) is 10.1. The van der Waals surface area contributed by atoms with Gasteiger partial charge in [0, 0.05) is 37.8 Å². The highest BCUT2D eigenvalue weighted by atomic mass is 16.5. The van der Waals surface area contributed by atoms with E-state index in [1.165, 1.54) is 13.8 Å². The summed E-state index contributed by atoms with van der Waals surface area (Å²) in [6.45, 7) is 3.32.